The fourth-order valence-electron chi connectivity index (χ4n) is 1.24. The summed E-state index contributed by atoms with van der Waals surface area (Å²) in [6, 6.07) is 8.03. The summed E-state index contributed by atoms with van der Waals surface area (Å²) in [4.78, 5) is 0. The summed E-state index contributed by atoms with van der Waals surface area (Å²) >= 11 is 2.28. The molecule has 0 fully saturated rings. The first kappa shape index (κ1) is 13.5. The first-order chi connectivity index (χ1) is 7.72. The van der Waals surface area contributed by atoms with Crippen LogP contribution in [0.5, 0.6) is 5.75 Å². The second-order valence-electron chi connectivity index (χ2n) is 3.67. The van der Waals surface area contributed by atoms with E-state index in [0.29, 0.717) is 6.61 Å². The quantitative estimate of drug-likeness (QED) is 0.471. The van der Waals surface area contributed by atoms with Crippen LogP contribution in [0.3, 0.4) is 0 Å². The molecule has 0 bridgehead atoms. The fourth-order valence-corrected chi connectivity index (χ4v) is 1.75. The largest absolute Gasteiger partial charge is 0.489 e. The molecule has 1 aromatic carbocycles. The third kappa shape index (κ3) is 5.51. The Balaban J connectivity index is 2.26. The summed E-state index contributed by atoms with van der Waals surface area (Å²) in [6.07, 6.45) is 1.14. The molecular weight excluding hydrogens is 313 g/mol. The van der Waals surface area contributed by atoms with E-state index in [9.17, 15) is 0 Å². The zero-order valence-corrected chi connectivity index (χ0v) is 11.8. The molecule has 2 nitrogen and oxygen atoms in total. The van der Waals surface area contributed by atoms with Gasteiger partial charge in [-0.15, -0.1) is 0 Å². The maximum absolute atomic E-state index is 5.63. The summed E-state index contributed by atoms with van der Waals surface area (Å²) in [6.45, 7) is 8.57. The topological polar surface area (TPSA) is 21.3 Å². The van der Waals surface area contributed by atoms with Crippen LogP contribution in [0.4, 0.5) is 0 Å². The second-order valence-corrected chi connectivity index (χ2v) is 4.92. The van der Waals surface area contributed by atoms with E-state index in [4.69, 9.17) is 4.74 Å². The Kier molecular flexibility index (Phi) is 6.49. The van der Waals surface area contributed by atoms with Crippen LogP contribution >= 0.6 is 22.6 Å². The molecule has 0 saturated carbocycles. The van der Waals surface area contributed by atoms with Crippen molar-refractivity contribution in [2.45, 2.75) is 13.3 Å². The van der Waals surface area contributed by atoms with Crippen molar-refractivity contribution in [1.29, 1.82) is 0 Å². The molecule has 0 aromatic heterocycles. The third-order valence-corrected chi connectivity index (χ3v) is 2.71. The third-order valence-electron chi connectivity index (χ3n) is 2.04. The van der Waals surface area contributed by atoms with Gasteiger partial charge < -0.3 is 10.1 Å². The molecule has 1 aromatic rings. The van der Waals surface area contributed by atoms with Crippen molar-refractivity contribution in [2.75, 3.05) is 19.7 Å². The molecule has 0 aliphatic heterocycles. The van der Waals surface area contributed by atoms with E-state index in [1.165, 1.54) is 3.57 Å². The average molecular weight is 331 g/mol. The van der Waals surface area contributed by atoms with Gasteiger partial charge >= 0.3 is 0 Å². The lowest BCUT2D eigenvalue weighted by Gasteiger charge is -2.09. The van der Waals surface area contributed by atoms with Crippen molar-refractivity contribution in [3.8, 4) is 5.75 Å². The summed E-state index contributed by atoms with van der Waals surface area (Å²) < 4.78 is 6.82. The molecule has 0 heterocycles. The summed E-state index contributed by atoms with van der Waals surface area (Å²) in [5, 5.41) is 3.30. The molecule has 0 atom stereocenters. The van der Waals surface area contributed by atoms with Crippen molar-refractivity contribution >= 4 is 22.6 Å². The van der Waals surface area contributed by atoms with Gasteiger partial charge in [0, 0.05) is 10.1 Å². The van der Waals surface area contributed by atoms with Gasteiger partial charge in [0.2, 0.25) is 0 Å². The van der Waals surface area contributed by atoms with Crippen molar-refractivity contribution in [1.82, 2.24) is 5.32 Å². The Morgan fingerprint density at radius 3 is 3.00 bits per heavy atom. The lowest BCUT2D eigenvalue weighted by molar-refractivity contribution is 0.348. The maximum Gasteiger partial charge on any atom is 0.120 e. The van der Waals surface area contributed by atoms with Crippen LogP contribution in [0.15, 0.2) is 36.4 Å². The van der Waals surface area contributed by atoms with Crippen LogP contribution in [-0.4, -0.2) is 19.7 Å². The van der Waals surface area contributed by atoms with E-state index in [1.807, 2.05) is 24.3 Å². The minimum atomic E-state index is 0.580. The van der Waals surface area contributed by atoms with Gasteiger partial charge in [-0.2, -0.15) is 0 Å². The molecule has 0 radical (unpaired) electrons. The highest BCUT2D eigenvalue weighted by molar-refractivity contribution is 14.1. The van der Waals surface area contributed by atoms with Gasteiger partial charge in [0.05, 0.1) is 0 Å². The first-order valence-electron chi connectivity index (χ1n) is 5.48. The van der Waals surface area contributed by atoms with E-state index >= 15 is 0 Å². The van der Waals surface area contributed by atoms with Crippen LogP contribution in [0.25, 0.3) is 0 Å². The molecule has 3 heteroatoms. The van der Waals surface area contributed by atoms with Gasteiger partial charge in [0.25, 0.3) is 0 Å². The Labute approximate surface area is 111 Å². The van der Waals surface area contributed by atoms with Gasteiger partial charge in [0.1, 0.15) is 12.4 Å². The molecule has 0 unspecified atom stereocenters. The van der Waals surface area contributed by atoms with Crippen LogP contribution in [0.1, 0.15) is 13.3 Å². The van der Waals surface area contributed by atoms with E-state index < -0.39 is 0 Å². The summed E-state index contributed by atoms with van der Waals surface area (Å²) in [5.74, 6) is 0.906. The molecule has 0 aliphatic rings. The molecular formula is C13H18INO. The van der Waals surface area contributed by atoms with Gasteiger partial charge in [-0.05, 0) is 59.3 Å². The summed E-state index contributed by atoms with van der Waals surface area (Å²) in [5.41, 5.74) is 1.08. The van der Waals surface area contributed by atoms with Crippen LogP contribution in [0, 0.1) is 3.57 Å². The highest BCUT2D eigenvalue weighted by Gasteiger charge is 1.97. The smallest absolute Gasteiger partial charge is 0.120 e. The monoisotopic (exact) mass is 331 g/mol. The average Bonchev–Trinajstić information content (AvgIpc) is 2.27. The minimum Gasteiger partial charge on any atom is -0.489 e. The SMILES string of the molecule is C=C(CNCCC)COc1cccc(I)c1. The molecule has 88 valence electrons. The number of ether oxygens (including phenoxy) is 1. The highest BCUT2D eigenvalue weighted by atomic mass is 127. The van der Waals surface area contributed by atoms with Crippen LogP contribution in [-0.2, 0) is 0 Å². The van der Waals surface area contributed by atoms with Gasteiger partial charge in [0.15, 0.2) is 0 Å². The highest BCUT2D eigenvalue weighted by Crippen LogP contribution is 2.15. The summed E-state index contributed by atoms with van der Waals surface area (Å²) in [7, 11) is 0. The molecule has 0 spiro atoms. The van der Waals surface area contributed by atoms with E-state index in [1.54, 1.807) is 0 Å². The van der Waals surface area contributed by atoms with E-state index in [-0.39, 0.29) is 0 Å². The predicted octanol–water partition coefficient (Wildman–Crippen LogP) is 3.23. The first-order valence-corrected chi connectivity index (χ1v) is 6.56. The lowest BCUT2D eigenvalue weighted by atomic mass is 10.3. The van der Waals surface area contributed by atoms with Gasteiger partial charge in [-0.3, -0.25) is 0 Å². The standard InChI is InChI=1S/C13H18INO/c1-3-7-15-9-11(2)10-16-13-6-4-5-12(14)8-13/h4-6,8,15H,2-3,7,9-10H2,1H3. The zero-order valence-electron chi connectivity index (χ0n) is 9.63. The fraction of sp³-hybridized carbons (Fsp3) is 0.385. The van der Waals surface area contributed by atoms with Crippen molar-refractivity contribution in [3.63, 3.8) is 0 Å². The van der Waals surface area contributed by atoms with E-state index in [2.05, 4.69) is 41.4 Å². The normalized spacial score (nSPS) is 10.1. The molecule has 0 aliphatic carbocycles. The number of halogens is 1. The maximum atomic E-state index is 5.63. The molecule has 0 saturated heterocycles. The predicted molar refractivity (Wildman–Crippen MR) is 77.0 cm³/mol. The Bertz CT molecular complexity index is 338. The number of rotatable bonds is 7. The van der Waals surface area contributed by atoms with E-state index in [0.717, 1.165) is 30.8 Å². The second kappa shape index (κ2) is 7.68. The molecule has 16 heavy (non-hydrogen) atoms. The Morgan fingerprint density at radius 2 is 2.31 bits per heavy atom. The van der Waals surface area contributed by atoms with Crippen molar-refractivity contribution < 1.29 is 4.74 Å². The van der Waals surface area contributed by atoms with Crippen molar-refractivity contribution in [3.05, 3.63) is 40.0 Å². The number of nitrogens with one attached hydrogen (secondary N) is 1. The molecule has 0 amide bonds. The molecule has 1 N–H and O–H groups in total. The molecule has 1 rings (SSSR count). The number of hydrogen-bond acceptors (Lipinski definition) is 2. The zero-order chi connectivity index (χ0) is 11.8. The van der Waals surface area contributed by atoms with Crippen molar-refractivity contribution in [2.24, 2.45) is 0 Å². The van der Waals surface area contributed by atoms with Crippen LogP contribution in [0.2, 0.25) is 0 Å². The number of benzene rings is 1. The van der Waals surface area contributed by atoms with Gasteiger partial charge in [-0.1, -0.05) is 19.6 Å². The van der Waals surface area contributed by atoms with Crippen LogP contribution < -0.4 is 10.1 Å². The number of hydrogen-bond donors (Lipinski definition) is 1. The van der Waals surface area contributed by atoms with Gasteiger partial charge in [-0.25, -0.2) is 0 Å². The lowest BCUT2D eigenvalue weighted by Crippen LogP contribution is -2.20. The Hall–Kier alpha value is -0.550. The minimum absolute atomic E-state index is 0.580. The Morgan fingerprint density at radius 1 is 1.50 bits per heavy atom.